The molecule has 0 spiro atoms. The van der Waals surface area contributed by atoms with Crippen molar-refractivity contribution in [1.29, 1.82) is 0 Å². The number of hydrogen-bond donors (Lipinski definition) is 0. The summed E-state index contributed by atoms with van der Waals surface area (Å²) in [5.41, 5.74) is 3.97. The first-order valence-corrected chi connectivity index (χ1v) is 10.6. The Kier molecular flexibility index (Phi) is 8.28. The summed E-state index contributed by atoms with van der Waals surface area (Å²) in [6.45, 7) is 8.04. The van der Waals surface area contributed by atoms with Gasteiger partial charge in [-0.25, -0.2) is 0 Å². The minimum Gasteiger partial charge on any atom is -0.467 e. The van der Waals surface area contributed by atoms with Crippen LogP contribution in [0.3, 0.4) is 0 Å². The van der Waals surface area contributed by atoms with Crippen LogP contribution in [0.15, 0.2) is 42.5 Å². The third-order valence-corrected chi connectivity index (χ3v) is 6.55. The molecule has 4 heteroatoms. The van der Waals surface area contributed by atoms with Crippen LogP contribution < -0.4 is 10.0 Å². The van der Waals surface area contributed by atoms with E-state index in [0.717, 1.165) is 25.1 Å². The molecule has 2 aromatic rings. The fraction of sp³-hybridized carbons (Fsp3) is 0.478. The predicted molar refractivity (Wildman–Crippen MR) is 118 cm³/mol. The Balaban J connectivity index is 2.45. The van der Waals surface area contributed by atoms with Crippen LogP contribution in [0.5, 0.6) is 5.75 Å². The first-order valence-electron chi connectivity index (χ1n) is 9.63. The van der Waals surface area contributed by atoms with Crippen LogP contribution in [-0.4, -0.2) is 32.9 Å². The molecule has 2 rings (SSSR count). The van der Waals surface area contributed by atoms with Crippen molar-refractivity contribution >= 4 is 13.9 Å². The van der Waals surface area contributed by atoms with Gasteiger partial charge in [-0.05, 0) is 44.4 Å². The van der Waals surface area contributed by atoms with Gasteiger partial charge in [0.1, 0.15) is 5.75 Å². The number of aryl methyl sites for hydroxylation is 1. The van der Waals surface area contributed by atoms with E-state index in [-0.39, 0.29) is 11.9 Å². The van der Waals surface area contributed by atoms with Crippen molar-refractivity contribution in [2.45, 2.75) is 45.3 Å². The molecular weight excluding hydrogens is 353 g/mol. The molecule has 2 unspecified atom stereocenters. The maximum atomic E-state index is 5.94. The van der Waals surface area contributed by atoms with Crippen molar-refractivity contribution < 1.29 is 9.47 Å². The Bertz CT molecular complexity index is 732. The lowest BCUT2D eigenvalue weighted by Crippen LogP contribution is -2.24. The second-order valence-corrected chi connectivity index (χ2v) is 9.54. The van der Waals surface area contributed by atoms with Crippen LogP contribution in [0, 0.1) is 6.92 Å². The summed E-state index contributed by atoms with van der Waals surface area (Å²) in [5, 5.41) is 1.48. The molecule has 0 amide bonds. The van der Waals surface area contributed by atoms with E-state index in [0.29, 0.717) is 8.58 Å². The minimum absolute atomic E-state index is 0.0340. The van der Waals surface area contributed by atoms with Crippen molar-refractivity contribution in [2.24, 2.45) is 0 Å². The van der Waals surface area contributed by atoms with Crippen LogP contribution >= 0.6 is 8.58 Å². The summed E-state index contributed by atoms with van der Waals surface area (Å²) < 4.78 is 11.1. The Hall–Kier alpha value is -1.41. The van der Waals surface area contributed by atoms with Gasteiger partial charge in [0.15, 0.2) is 6.79 Å². The predicted octanol–water partition coefficient (Wildman–Crippen LogP) is 5.06. The molecule has 0 bridgehead atoms. The van der Waals surface area contributed by atoms with Crippen molar-refractivity contribution in [3.05, 3.63) is 59.2 Å². The van der Waals surface area contributed by atoms with Gasteiger partial charge in [-0.1, -0.05) is 70.8 Å². The molecule has 148 valence electrons. The zero-order chi connectivity index (χ0) is 19.9. The zero-order valence-corrected chi connectivity index (χ0v) is 18.6. The van der Waals surface area contributed by atoms with Gasteiger partial charge in [-0.2, -0.15) is 0 Å². The minimum atomic E-state index is 0.0340. The van der Waals surface area contributed by atoms with Crippen LogP contribution in [0.1, 0.15) is 43.4 Å². The fourth-order valence-corrected chi connectivity index (χ4v) is 5.31. The number of hydrogen-bond acceptors (Lipinski definition) is 3. The first kappa shape index (κ1) is 21.9. The van der Waals surface area contributed by atoms with Crippen LogP contribution in [0.4, 0.5) is 0 Å². The summed E-state index contributed by atoms with van der Waals surface area (Å²) in [4.78, 5) is 2.24. The van der Waals surface area contributed by atoms with Crippen LogP contribution in [-0.2, 0) is 16.4 Å². The van der Waals surface area contributed by atoms with Crippen molar-refractivity contribution in [1.82, 2.24) is 4.90 Å². The molecule has 0 aliphatic rings. The molecule has 3 nitrogen and oxygen atoms in total. The summed E-state index contributed by atoms with van der Waals surface area (Å²) in [6.07, 6.45) is 2.26. The van der Waals surface area contributed by atoms with Crippen molar-refractivity contribution in [3.63, 3.8) is 0 Å². The smallest absolute Gasteiger partial charge is 0.188 e. The molecule has 2 aromatic carbocycles. The summed E-state index contributed by atoms with van der Waals surface area (Å²) in [7, 11) is 6.60. The molecule has 0 heterocycles. The van der Waals surface area contributed by atoms with E-state index in [2.05, 4.69) is 82.2 Å². The molecule has 0 saturated heterocycles. The quantitative estimate of drug-likeness (QED) is 0.420. The first-order chi connectivity index (χ1) is 12.9. The highest BCUT2D eigenvalue weighted by Crippen LogP contribution is 2.48. The fourth-order valence-electron chi connectivity index (χ4n) is 3.51. The summed E-state index contributed by atoms with van der Waals surface area (Å²) in [5.74, 6) is 0.941. The SMILES string of the molecule is CCCC(C)(Pc1ccccc1CN(C)C)c1cc(C)ccc1OCOC. The Labute approximate surface area is 166 Å². The Morgan fingerprint density at radius 1 is 1.11 bits per heavy atom. The van der Waals surface area contributed by atoms with E-state index in [9.17, 15) is 0 Å². The average molecular weight is 388 g/mol. The molecule has 0 N–H and O–H groups in total. The molecule has 0 fully saturated rings. The van der Waals surface area contributed by atoms with Gasteiger partial charge >= 0.3 is 0 Å². The maximum absolute atomic E-state index is 5.94. The van der Waals surface area contributed by atoms with E-state index in [1.807, 2.05) is 0 Å². The van der Waals surface area contributed by atoms with E-state index in [1.54, 1.807) is 7.11 Å². The maximum Gasteiger partial charge on any atom is 0.188 e. The lowest BCUT2D eigenvalue weighted by Gasteiger charge is -2.33. The normalized spacial score (nSPS) is 14.0. The monoisotopic (exact) mass is 387 g/mol. The van der Waals surface area contributed by atoms with Crippen LogP contribution in [0.25, 0.3) is 0 Å². The highest BCUT2D eigenvalue weighted by atomic mass is 31.1. The average Bonchev–Trinajstić information content (AvgIpc) is 2.62. The molecule has 0 aliphatic carbocycles. The molecule has 2 atom stereocenters. The Morgan fingerprint density at radius 3 is 2.52 bits per heavy atom. The van der Waals surface area contributed by atoms with Crippen molar-refractivity contribution in [3.8, 4) is 5.75 Å². The van der Waals surface area contributed by atoms with Crippen LogP contribution in [0.2, 0.25) is 0 Å². The lowest BCUT2D eigenvalue weighted by atomic mass is 9.93. The number of rotatable bonds is 10. The number of nitrogens with zero attached hydrogens (tertiary/aromatic N) is 1. The topological polar surface area (TPSA) is 21.7 Å². The van der Waals surface area contributed by atoms with Crippen molar-refractivity contribution in [2.75, 3.05) is 28.0 Å². The van der Waals surface area contributed by atoms with Gasteiger partial charge in [-0.3, -0.25) is 0 Å². The second kappa shape index (κ2) is 10.2. The van der Waals surface area contributed by atoms with Gasteiger partial charge in [-0.15, -0.1) is 0 Å². The lowest BCUT2D eigenvalue weighted by molar-refractivity contribution is 0.0500. The standard InChI is InChI=1S/C23H34NO2P/c1-7-14-23(3,20-15-18(2)12-13-21(20)26-17-25-6)27-22-11-9-8-10-19(22)16-24(4)5/h8-13,15,27H,7,14,16-17H2,1-6H3. The summed E-state index contributed by atoms with van der Waals surface area (Å²) in [6, 6.07) is 15.3. The molecule has 0 radical (unpaired) electrons. The number of methoxy groups -OCH3 is 1. The third kappa shape index (κ3) is 6.04. The van der Waals surface area contributed by atoms with E-state index in [4.69, 9.17) is 9.47 Å². The van der Waals surface area contributed by atoms with Gasteiger partial charge in [0, 0.05) is 24.4 Å². The van der Waals surface area contributed by atoms with E-state index >= 15 is 0 Å². The summed E-state index contributed by atoms with van der Waals surface area (Å²) >= 11 is 0. The highest BCUT2D eigenvalue weighted by Gasteiger charge is 2.30. The van der Waals surface area contributed by atoms with E-state index in [1.165, 1.54) is 22.0 Å². The number of ether oxygens (including phenoxy) is 2. The zero-order valence-electron chi connectivity index (χ0n) is 17.6. The molecular formula is C23H34NO2P. The second-order valence-electron chi connectivity index (χ2n) is 7.65. The van der Waals surface area contributed by atoms with Gasteiger partial charge < -0.3 is 14.4 Å². The number of benzene rings is 2. The molecule has 0 aromatic heterocycles. The van der Waals surface area contributed by atoms with Gasteiger partial charge in [0.25, 0.3) is 0 Å². The Morgan fingerprint density at radius 2 is 1.85 bits per heavy atom. The van der Waals surface area contributed by atoms with Gasteiger partial charge in [0.05, 0.1) is 0 Å². The third-order valence-electron chi connectivity index (χ3n) is 4.73. The largest absolute Gasteiger partial charge is 0.467 e. The van der Waals surface area contributed by atoms with Gasteiger partial charge in [0.2, 0.25) is 0 Å². The molecule has 0 saturated carbocycles. The highest BCUT2D eigenvalue weighted by molar-refractivity contribution is 7.48. The van der Waals surface area contributed by atoms with E-state index < -0.39 is 0 Å². The molecule has 0 aliphatic heterocycles. The molecule has 27 heavy (non-hydrogen) atoms.